The fourth-order valence-corrected chi connectivity index (χ4v) is 1.28. The molecule has 0 aliphatic carbocycles. The average Bonchev–Trinajstić information content (AvgIpc) is 2.20. The van der Waals surface area contributed by atoms with Crippen LogP contribution < -0.4 is 11.3 Å². The number of hydrogen-bond acceptors (Lipinski definition) is 2. The number of hydrogen-bond donors (Lipinski definition) is 2. The molecule has 5 heteroatoms. The Hall–Kier alpha value is -1.49. The Labute approximate surface area is 86.2 Å². The molecule has 3 N–H and O–H groups in total. The Morgan fingerprint density at radius 1 is 1.40 bits per heavy atom. The molecule has 0 aliphatic heterocycles. The number of halogens is 2. The summed E-state index contributed by atoms with van der Waals surface area (Å²) in [5.41, 5.74) is 0.692. The fourth-order valence-electron chi connectivity index (χ4n) is 1.28. The van der Waals surface area contributed by atoms with E-state index in [1.54, 1.807) is 0 Å². The molecule has 0 aromatic heterocycles. The number of nitrogens with one attached hydrogen (secondary N) is 1. The molecule has 3 nitrogen and oxygen atoms in total. The highest BCUT2D eigenvalue weighted by Gasteiger charge is 2.32. The van der Waals surface area contributed by atoms with Gasteiger partial charge >= 0.3 is 0 Å². The van der Waals surface area contributed by atoms with Gasteiger partial charge in [-0.15, -0.1) is 0 Å². The van der Waals surface area contributed by atoms with Gasteiger partial charge in [0.15, 0.2) is 0 Å². The predicted octanol–water partition coefficient (Wildman–Crippen LogP) is 1.23. The van der Waals surface area contributed by atoms with E-state index in [2.05, 4.69) is 0 Å². The SMILES string of the molecule is CC(C)(C(=O)NN)c1cc(F)ccc1F. The summed E-state index contributed by atoms with van der Waals surface area (Å²) in [6.07, 6.45) is 0. The molecule has 0 heterocycles. The van der Waals surface area contributed by atoms with Crippen LogP contribution in [0.1, 0.15) is 19.4 Å². The maximum atomic E-state index is 13.4. The third kappa shape index (κ3) is 2.12. The maximum absolute atomic E-state index is 13.4. The van der Waals surface area contributed by atoms with E-state index in [0.29, 0.717) is 0 Å². The Bertz CT molecular complexity index is 391. The van der Waals surface area contributed by atoms with Gasteiger partial charge in [-0.2, -0.15) is 0 Å². The standard InChI is InChI=1S/C10H12F2N2O/c1-10(2,9(15)14-13)7-5-6(11)3-4-8(7)12/h3-5H,13H2,1-2H3,(H,14,15). The minimum Gasteiger partial charge on any atom is -0.294 e. The highest BCUT2D eigenvalue weighted by Crippen LogP contribution is 2.26. The van der Waals surface area contributed by atoms with E-state index in [-0.39, 0.29) is 5.56 Å². The topological polar surface area (TPSA) is 55.1 Å². The van der Waals surface area contributed by atoms with Gasteiger partial charge in [0.1, 0.15) is 11.6 Å². The number of carbonyl (C=O) groups is 1. The summed E-state index contributed by atoms with van der Waals surface area (Å²) < 4.78 is 26.3. The van der Waals surface area contributed by atoms with E-state index in [0.717, 1.165) is 18.2 Å². The van der Waals surface area contributed by atoms with Crippen LogP contribution in [-0.4, -0.2) is 5.91 Å². The molecule has 0 bridgehead atoms. The first-order chi connectivity index (χ1) is 6.89. The summed E-state index contributed by atoms with van der Waals surface area (Å²) in [5, 5.41) is 0. The van der Waals surface area contributed by atoms with Gasteiger partial charge in [0, 0.05) is 5.56 Å². The zero-order valence-electron chi connectivity index (χ0n) is 8.47. The van der Waals surface area contributed by atoms with E-state index in [9.17, 15) is 13.6 Å². The first-order valence-electron chi connectivity index (χ1n) is 4.36. The molecule has 15 heavy (non-hydrogen) atoms. The van der Waals surface area contributed by atoms with Gasteiger partial charge < -0.3 is 0 Å². The molecule has 0 saturated heterocycles. The van der Waals surface area contributed by atoms with Gasteiger partial charge in [0.05, 0.1) is 5.41 Å². The van der Waals surface area contributed by atoms with Crippen molar-refractivity contribution in [3.63, 3.8) is 0 Å². The van der Waals surface area contributed by atoms with Crippen LogP contribution in [0.5, 0.6) is 0 Å². The Kier molecular flexibility index (Phi) is 3.04. The summed E-state index contributed by atoms with van der Waals surface area (Å²) in [7, 11) is 0. The average molecular weight is 214 g/mol. The highest BCUT2D eigenvalue weighted by molar-refractivity contribution is 5.86. The summed E-state index contributed by atoms with van der Waals surface area (Å²) in [6, 6.07) is 2.97. The van der Waals surface area contributed by atoms with Crippen molar-refractivity contribution in [3.8, 4) is 0 Å². The number of nitrogens with two attached hydrogens (primary N) is 1. The fraction of sp³-hybridized carbons (Fsp3) is 0.300. The van der Waals surface area contributed by atoms with Crippen molar-refractivity contribution >= 4 is 5.91 Å². The lowest BCUT2D eigenvalue weighted by Crippen LogP contribution is -2.44. The molecule has 1 amide bonds. The minimum atomic E-state index is -1.21. The molecule has 0 aliphatic rings. The number of hydrazine groups is 1. The monoisotopic (exact) mass is 214 g/mol. The van der Waals surface area contributed by atoms with Crippen molar-refractivity contribution in [1.82, 2.24) is 5.43 Å². The van der Waals surface area contributed by atoms with Crippen molar-refractivity contribution in [2.24, 2.45) is 5.84 Å². The molecular weight excluding hydrogens is 202 g/mol. The van der Waals surface area contributed by atoms with E-state index in [1.807, 2.05) is 5.43 Å². The van der Waals surface area contributed by atoms with E-state index < -0.39 is 23.0 Å². The minimum absolute atomic E-state index is 0.0227. The van der Waals surface area contributed by atoms with Gasteiger partial charge in [-0.3, -0.25) is 10.2 Å². The quantitative estimate of drug-likeness (QED) is 0.442. The van der Waals surface area contributed by atoms with Crippen LogP contribution in [0.3, 0.4) is 0 Å². The Morgan fingerprint density at radius 2 is 2.00 bits per heavy atom. The Balaban J connectivity index is 3.25. The third-order valence-corrected chi connectivity index (χ3v) is 2.30. The second kappa shape index (κ2) is 3.94. The molecule has 0 unspecified atom stereocenters. The maximum Gasteiger partial charge on any atom is 0.244 e. The molecule has 0 fully saturated rings. The van der Waals surface area contributed by atoms with Crippen molar-refractivity contribution in [2.75, 3.05) is 0 Å². The van der Waals surface area contributed by atoms with E-state index in [4.69, 9.17) is 5.84 Å². The van der Waals surface area contributed by atoms with Crippen LogP contribution in [0.15, 0.2) is 18.2 Å². The molecule has 0 spiro atoms. The number of benzene rings is 1. The van der Waals surface area contributed by atoms with Gasteiger partial charge in [-0.1, -0.05) is 0 Å². The number of carbonyl (C=O) groups excluding carboxylic acids is 1. The molecule has 1 rings (SSSR count). The van der Waals surface area contributed by atoms with E-state index in [1.165, 1.54) is 13.8 Å². The summed E-state index contributed by atoms with van der Waals surface area (Å²) in [4.78, 5) is 11.4. The van der Waals surface area contributed by atoms with E-state index >= 15 is 0 Å². The number of amides is 1. The summed E-state index contributed by atoms with van der Waals surface area (Å²) in [5.74, 6) is 3.16. The van der Waals surface area contributed by atoms with Crippen molar-refractivity contribution < 1.29 is 13.6 Å². The van der Waals surface area contributed by atoms with Gasteiger partial charge in [-0.25, -0.2) is 14.6 Å². The zero-order chi connectivity index (χ0) is 11.6. The molecular formula is C10H12F2N2O. The smallest absolute Gasteiger partial charge is 0.244 e. The van der Waals surface area contributed by atoms with Crippen LogP contribution in [0.4, 0.5) is 8.78 Å². The molecule has 1 aromatic carbocycles. The van der Waals surface area contributed by atoms with Crippen LogP contribution in [0, 0.1) is 11.6 Å². The van der Waals surface area contributed by atoms with Crippen molar-refractivity contribution in [3.05, 3.63) is 35.4 Å². The lowest BCUT2D eigenvalue weighted by atomic mass is 9.83. The highest BCUT2D eigenvalue weighted by atomic mass is 19.1. The van der Waals surface area contributed by atoms with Crippen LogP contribution in [0.25, 0.3) is 0 Å². The largest absolute Gasteiger partial charge is 0.294 e. The second-order valence-electron chi connectivity index (χ2n) is 3.72. The first kappa shape index (κ1) is 11.6. The second-order valence-corrected chi connectivity index (χ2v) is 3.72. The predicted molar refractivity (Wildman–Crippen MR) is 51.7 cm³/mol. The molecule has 0 atom stereocenters. The van der Waals surface area contributed by atoms with Gasteiger partial charge in [0.25, 0.3) is 0 Å². The zero-order valence-corrected chi connectivity index (χ0v) is 8.47. The summed E-state index contributed by atoms with van der Waals surface area (Å²) >= 11 is 0. The molecule has 82 valence electrons. The van der Waals surface area contributed by atoms with Gasteiger partial charge in [0.2, 0.25) is 5.91 Å². The van der Waals surface area contributed by atoms with Crippen LogP contribution in [0.2, 0.25) is 0 Å². The third-order valence-electron chi connectivity index (χ3n) is 2.30. The Morgan fingerprint density at radius 3 is 2.53 bits per heavy atom. The molecule has 0 radical (unpaired) electrons. The summed E-state index contributed by atoms with van der Waals surface area (Å²) in [6.45, 7) is 2.93. The van der Waals surface area contributed by atoms with Gasteiger partial charge in [-0.05, 0) is 32.0 Å². The van der Waals surface area contributed by atoms with Crippen LogP contribution in [-0.2, 0) is 10.2 Å². The molecule has 1 aromatic rings. The van der Waals surface area contributed by atoms with Crippen molar-refractivity contribution in [2.45, 2.75) is 19.3 Å². The normalized spacial score (nSPS) is 11.3. The lowest BCUT2D eigenvalue weighted by molar-refractivity contribution is -0.125. The first-order valence-corrected chi connectivity index (χ1v) is 4.36. The van der Waals surface area contributed by atoms with Crippen molar-refractivity contribution in [1.29, 1.82) is 0 Å². The molecule has 0 saturated carbocycles. The van der Waals surface area contributed by atoms with Crippen LogP contribution >= 0.6 is 0 Å². The number of rotatable bonds is 2. The lowest BCUT2D eigenvalue weighted by Gasteiger charge is -2.23.